The number of esters is 1. The number of ether oxygens (including phenoxy) is 2. The number of nitrogens with one attached hydrogen (secondary N) is 2. The Kier molecular flexibility index (Phi) is 4.39. The number of para-hydroxylation sites is 1. The van der Waals surface area contributed by atoms with Crippen molar-refractivity contribution in [1.29, 1.82) is 0 Å². The van der Waals surface area contributed by atoms with E-state index in [4.69, 9.17) is 9.47 Å². The average molecular weight is 376 g/mol. The zero-order valence-corrected chi connectivity index (χ0v) is 15.8. The third-order valence-corrected chi connectivity index (χ3v) is 5.07. The summed E-state index contributed by atoms with van der Waals surface area (Å²) in [5.74, 6) is -0.515. The fourth-order valence-electron chi connectivity index (χ4n) is 3.78. The van der Waals surface area contributed by atoms with Crippen molar-refractivity contribution >= 4 is 17.6 Å². The van der Waals surface area contributed by atoms with Gasteiger partial charge in [-0.1, -0.05) is 18.2 Å². The molecular weight excluding hydrogens is 356 g/mol. The highest BCUT2D eigenvalue weighted by atomic mass is 16.5. The first kappa shape index (κ1) is 17.9. The van der Waals surface area contributed by atoms with Crippen LogP contribution in [0.15, 0.2) is 48.5 Å². The van der Waals surface area contributed by atoms with Crippen LogP contribution in [0.25, 0.3) is 11.3 Å². The number of H-pyrrole nitrogens is 1. The van der Waals surface area contributed by atoms with Crippen molar-refractivity contribution in [3.63, 3.8) is 0 Å². The lowest BCUT2D eigenvalue weighted by molar-refractivity contribution is -0.116. The van der Waals surface area contributed by atoms with E-state index >= 15 is 0 Å². The largest absolute Gasteiger partial charge is 0.497 e. The van der Waals surface area contributed by atoms with Crippen molar-refractivity contribution in [2.24, 2.45) is 0 Å². The number of carbonyl (C=O) groups is 2. The quantitative estimate of drug-likeness (QED) is 0.678. The summed E-state index contributed by atoms with van der Waals surface area (Å²) in [4.78, 5) is 28.8. The number of benzene rings is 2. The summed E-state index contributed by atoms with van der Waals surface area (Å²) >= 11 is 0. The number of anilines is 1. The molecule has 28 heavy (non-hydrogen) atoms. The third kappa shape index (κ3) is 2.74. The molecule has 0 radical (unpaired) electrons. The van der Waals surface area contributed by atoms with Crippen LogP contribution in [-0.2, 0) is 9.53 Å². The topological polar surface area (TPSA) is 80.4 Å². The Bertz CT molecular complexity index is 1070. The second-order valence-electron chi connectivity index (χ2n) is 6.64. The fourth-order valence-corrected chi connectivity index (χ4v) is 3.78. The van der Waals surface area contributed by atoms with E-state index in [0.29, 0.717) is 16.8 Å². The lowest BCUT2D eigenvalue weighted by Gasteiger charge is -2.14. The van der Waals surface area contributed by atoms with Crippen LogP contribution in [0.5, 0.6) is 5.75 Å². The SMILES string of the molecule is COC(=O)c1c(C)[nH]c(-c2ccc(OC)cc2)c1[C@@H]1C(=O)Nc2ccccc21. The van der Waals surface area contributed by atoms with Gasteiger partial charge in [0.25, 0.3) is 0 Å². The maximum absolute atomic E-state index is 12.9. The number of fused-ring (bicyclic) bond motifs is 1. The predicted octanol–water partition coefficient (Wildman–Crippen LogP) is 3.87. The lowest BCUT2D eigenvalue weighted by atomic mass is 9.87. The summed E-state index contributed by atoms with van der Waals surface area (Å²) < 4.78 is 10.3. The number of rotatable bonds is 4. The van der Waals surface area contributed by atoms with E-state index < -0.39 is 11.9 Å². The predicted molar refractivity (Wildman–Crippen MR) is 106 cm³/mol. The second kappa shape index (κ2) is 6.88. The van der Waals surface area contributed by atoms with E-state index in [1.165, 1.54) is 7.11 Å². The van der Waals surface area contributed by atoms with Gasteiger partial charge in [-0.2, -0.15) is 0 Å². The molecule has 0 spiro atoms. The molecule has 0 aliphatic carbocycles. The van der Waals surface area contributed by atoms with Gasteiger partial charge >= 0.3 is 5.97 Å². The number of aryl methyl sites for hydroxylation is 1. The molecule has 2 N–H and O–H groups in total. The summed E-state index contributed by atoms with van der Waals surface area (Å²) in [7, 11) is 2.95. The molecule has 0 unspecified atom stereocenters. The summed E-state index contributed by atoms with van der Waals surface area (Å²) in [6.07, 6.45) is 0. The van der Waals surface area contributed by atoms with Crippen molar-refractivity contribution in [2.75, 3.05) is 19.5 Å². The number of aromatic amines is 1. The minimum atomic E-state index is -0.604. The first-order valence-electron chi connectivity index (χ1n) is 8.90. The normalized spacial score (nSPS) is 15.1. The minimum Gasteiger partial charge on any atom is -0.497 e. The summed E-state index contributed by atoms with van der Waals surface area (Å²) in [6, 6.07) is 15.0. The Morgan fingerprint density at radius 1 is 1.04 bits per heavy atom. The molecule has 0 fully saturated rings. The van der Waals surface area contributed by atoms with E-state index in [9.17, 15) is 9.59 Å². The van der Waals surface area contributed by atoms with E-state index in [2.05, 4.69) is 10.3 Å². The van der Waals surface area contributed by atoms with Gasteiger partial charge in [-0.25, -0.2) is 4.79 Å². The molecule has 1 atom stereocenters. The molecule has 2 heterocycles. The standard InChI is InChI=1S/C22H20N2O4/c1-12-17(22(26)28-3)19(18-15-6-4-5-7-16(15)24-21(18)25)20(23-12)13-8-10-14(27-2)11-9-13/h4-11,18,23H,1-3H3,(H,24,25)/t18-/m1/s1. The van der Waals surface area contributed by atoms with E-state index in [-0.39, 0.29) is 5.91 Å². The van der Waals surface area contributed by atoms with Gasteiger partial charge < -0.3 is 19.8 Å². The van der Waals surface area contributed by atoms with Crippen LogP contribution in [0.4, 0.5) is 5.69 Å². The molecule has 3 aromatic rings. The Hall–Kier alpha value is -3.54. The van der Waals surface area contributed by atoms with Crippen LogP contribution >= 0.6 is 0 Å². The second-order valence-corrected chi connectivity index (χ2v) is 6.64. The van der Waals surface area contributed by atoms with Gasteiger partial charge in [0.15, 0.2) is 0 Å². The average Bonchev–Trinajstić information content (AvgIpc) is 3.22. The zero-order chi connectivity index (χ0) is 19.8. The van der Waals surface area contributed by atoms with Gasteiger partial charge in [-0.3, -0.25) is 4.79 Å². The van der Waals surface area contributed by atoms with Crippen LogP contribution in [-0.4, -0.2) is 31.1 Å². The molecule has 2 aromatic carbocycles. The summed E-state index contributed by atoms with van der Waals surface area (Å²) in [6.45, 7) is 1.81. The number of hydrogen-bond donors (Lipinski definition) is 2. The van der Waals surface area contributed by atoms with E-state index in [1.807, 2.05) is 55.5 Å². The molecule has 6 nitrogen and oxygen atoms in total. The monoisotopic (exact) mass is 376 g/mol. The molecule has 4 rings (SSSR count). The van der Waals surface area contributed by atoms with Crippen LogP contribution in [0, 0.1) is 6.92 Å². The van der Waals surface area contributed by atoms with Gasteiger partial charge in [0.2, 0.25) is 5.91 Å². The molecule has 1 aliphatic heterocycles. The number of carbonyl (C=O) groups excluding carboxylic acids is 2. The Morgan fingerprint density at radius 3 is 2.43 bits per heavy atom. The lowest BCUT2D eigenvalue weighted by Crippen LogP contribution is -2.17. The van der Waals surface area contributed by atoms with E-state index in [0.717, 1.165) is 28.3 Å². The molecule has 1 amide bonds. The summed E-state index contributed by atoms with van der Waals surface area (Å²) in [5.41, 5.74) is 4.84. The fraction of sp³-hybridized carbons (Fsp3) is 0.182. The van der Waals surface area contributed by atoms with Crippen molar-refractivity contribution in [2.45, 2.75) is 12.8 Å². The number of aromatic nitrogens is 1. The van der Waals surface area contributed by atoms with Crippen LogP contribution in [0.2, 0.25) is 0 Å². The number of hydrogen-bond acceptors (Lipinski definition) is 4. The van der Waals surface area contributed by atoms with E-state index in [1.54, 1.807) is 7.11 Å². The molecule has 0 bridgehead atoms. The van der Waals surface area contributed by atoms with Gasteiger partial charge in [0.05, 0.1) is 31.4 Å². The first-order valence-corrected chi connectivity index (χ1v) is 8.90. The van der Waals surface area contributed by atoms with Crippen LogP contribution < -0.4 is 10.1 Å². The van der Waals surface area contributed by atoms with Gasteiger partial charge in [0.1, 0.15) is 5.75 Å². The smallest absolute Gasteiger partial charge is 0.340 e. The maximum Gasteiger partial charge on any atom is 0.340 e. The zero-order valence-electron chi connectivity index (χ0n) is 15.8. The van der Waals surface area contributed by atoms with Crippen molar-refractivity contribution < 1.29 is 19.1 Å². The van der Waals surface area contributed by atoms with Crippen LogP contribution in [0.1, 0.15) is 33.1 Å². The van der Waals surface area contributed by atoms with Gasteiger partial charge in [-0.05, 0) is 48.4 Å². The Balaban J connectivity index is 1.96. The highest BCUT2D eigenvalue weighted by Crippen LogP contribution is 2.43. The van der Waals surface area contributed by atoms with Gasteiger partial charge in [0, 0.05) is 16.9 Å². The molecule has 0 saturated carbocycles. The molecule has 142 valence electrons. The molecule has 6 heteroatoms. The first-order chi connectivity index (χ1) is 13.5. The minimum absolute atomic E-state index is 0.167. The third-order valence-electron chi connectivity index (χ3n) is 5.07. The molecule has 1 aromatic heterocycles. The highest BCUT2D eigenvalue weighted by molar-refractivity contribution is 6.08. The molecule has 0 saturated heterocycles. The van der Waals surface area contributed by atoms with Gasteiger partial charge in [-0.15, -0.1) is 0 Å². The Labute approximate surface area is 162 Å². The molecular formula is C22H20N2O4. The number of amides is 1. The van der Waals surface area contributed by atoms with Crippen molar-refractivity contribution in [3.8, 4) is 17.0 Å². The van der Waals surface area contributed by atoms with Crippen molar-refractivity contribution in [3.05, 3.63) is 70.9 Å². The van der Waals surface area contributed by atoms with Crippen LogP contribution in [0.3, 0.4) is 0 Å². The Morgan fingerprint density at radius 2 is 1.75 bits per heavy atom. The highest BCUT2D eigenvalue weighted by Gasteiger charge is 2.38. The van der Waals surface area contributed by atoms with Crippen molar-refractivity contribution in [1.82, 2.24) is 4.98 Å². The summed E-state index contributed by atoms with van der Waals surface area (Å²) in [5, 5.41) is 2.91. The maximum atomic E-state index is 12.9. The number of methoxy groups -OCH3 is 2. The molecule has 1 aliphatic rings.